The summed E-state index contributed by atoms with van der Waals surface area (Å²) < 4.78 is 37.3. The molecule has 1 amide bonds. The van der Waals surface area contributed by atoms with Gasteiger partial charge in [0, 0.05) is 29.7 Å². The van der Waals surface area contributed by atoms with Crippen molar-refractivity contribution in [2.24, 2.45) is 5.92 Å². The number of aryl methyl sites for hydroxylation is 1. The lowest BCUT2D eigenvalue weighted by Crippen LogP contribution is -2.39. The molecule has 2 aromatic carbocycles. The van der Waals surface area contributed by atoms with Gasteiger partial charge in [0.05, 0.1) is 17.9 Å². The number of piperidine rings is 1. The molecule has 1 saturated heterocycles. The van der Waals surface area contributed by atoms with Gasteiger partial charge < -0.3 is 9.64 Å². The van der Waals surface area contributed by atoms with Crippen LogP contribution in [0.1, 0.15) is 45.0 Å². The summed E-state index contributed by atoms with van der Waals surface area (Å²) in [5, 5.41) is 8.54. The molecule has 3 heterocycles. The molecule has 0 saturated carbocycles. The normalized spacial score (nSPS) is 14.2. The molecule has 0 radical (unpaired) electrons. The largest absolute Gasteiger partial charge is 0.483 e. The fourth-order valence-corrected chi connectivity index (χ4v) is 6.15. The Morgan fingerprint density at radius 1 is 1.16 bits per heavy atom. The minimum Gasteiger partial charge on any atom is -0.483 e. The van der Waals surface area contributed by atoms with Crippen molar-refractivity contribution < 1.29 is 18.3 Å². The minimum atomic E-state index is -0.887. The van der Waals surface area contributed by atoms with Gasteiger partial charge in [-0.25, -0.2) is 18.4 Å². The van der Waals surface area contributed by atoms with Crippen molar-refractivity contribution in [3.05, 3.63) is 91.6 Å². The zero-order valence-electron chi connectivity index (χ0n) is 20.7. The number of thiazole rings is 1. The second-order valence-electron chi connectivity index (χ2n) is 9.36. The Balaban J connectivity index is 1.14. The molecule has 0 aliphatic carbocycles. The number of ether oxygens (including phenoxy) is 1. The van der Waals surface area contributed by atoms with E-state index in [4.69, 9.17) is 4.74 Å². The van der Waals surface area contributed by atoms with E-state index < -0.39 is 17.4 Å². The summed E-state index contributed by atoms with van der Waals surface area (Å²) >= 11 is 5.00. The van der Waals surface area contributed by atoms with Gasteiger partial charge in [0.1, 0.15) is 6.61 Å². The summed E-state index contributed by atoms with van der Waals surface area (Å²) in [7, 11) is 0. The molecule has 1 aliphatic heterocycles. The van der Waals surface area contributed by atoms with Crippen LogP contribution in [0, 0.1) is 24.5 Å². The van der Waals surface area contributed by atoms with E-state index in [1.807, 2.05) is 43.5 Å². The third-order valence-electron chi connectivity index (χ3n) is 6.64. The number of rotatable bonds is 8. The van der Waals surface area contributed by atoms with Crippen LogP contribution in [-0.4, -0.2) is 43.9 Å². The summed E-state index contributed by atoms with van der Waals surface area (Å²) in [5.74, 6) is -2.28. The highest BCUT2D eigenvalue weighted by Crippen LogP contribution is 2.27. The predicted molar refractivity (Wildman–Crippen MR) is 143 cm³/mol. The number of hydrogen-bond acceptors (Lipinski definition) is 6. The molecule has 0 spiro atoms. The molecule has 2 aromatic heterocycles. The van der Waals surface area contributed by atoms with E-state index in [9.17, 15) is 13.6 Å². The summed E-state index contributed by atoms with van der Waals surface area (Å²) in [6.45, 7) is 3.66. The first-order chi connectivity index (χ1) is 18.4. The van der Waals surface area contributed by atoms with E-state index in [-0.39, 0.29) is 18.1 Å². The molecule has 1 aliphatic rings. The summed E-state index contributed by atoms with van der Waals surface area (Å²) in [6, 6.07) is 11.2. The van der Waals surface area contributed by atoms with E-state index in [2.05, 4.69) is 31.2 Å². The number of carbonyl (C=O) groups is 1. The molecule has 0 N–H and O–H groups in total. The molecular weight excluding hydrogens is 576 g/mol. The van der Waals surface area contributed by atoms with E-state index in [1.54, 1.807) is 20.9 Å². The maximum Gasteiger partial charge on any atom is 0.254 e. The zero-order valence-corrected chi connectivity index (χ0v) is 23.1. The quantitative estimate of drug-likeness (QED) is 0.255. The molecule has 38 heavy (non-hydrogen) atoms. The molecule has 0 bridgehead atoms. The van der Waals surface area contributed by atoms with Crippen LogP contribution in [0.5, 0.6) is 5.75 Å². The Morgan fingerprint density at radius 3 is 2.53 bits per heavy atom. The van der Waals surface area contributed by atoms with Crippen LogP contribution in [0.3, 0.4) is 0 Å². The fraction of sp³-hybridized carbons (Fsp3) is 0.333. The molecular formula is C27H26BrF2N5O2S. The minimum absolute atomic E-state index is 0.0163. The standard InChI is InChI=1S/C27H26BrF2N5O2S/c1-17-24(31-27(28)38-17)15-35-14-21(32-33-35)11-18-7-9-34(10-8-18)26(36)20-12-22(29)25(23(30)13-20)37-16-19-5-3-2-4-6-19/h2-6,12-14,18H,7-11,15-16H2,1H3. The molecule has 198 valence electrons. The van der Waals surface area contributed by atoms with Crippen molar-refractivity contribution in [1.29, 1.82) is 0 Å². The van der Waals surface area contributed by atoms with Crippen molar-refractivity contribution in [1.82, 2.24) is 24.9 Å². The predicted octanol–water partition coefficient (Wildman–Crippen LogP) is 5.81. The number of likely N-dealkylation sites (tertiary alicyclic amines) is 1. The Hall–Kier alpha value is -3.18. The summed E-state index contributed by atoms with van der Waals surface area (Å²) in [5.41, 5.74) is 2.64. The Kier molecular flexibility index (Phi) is 8.13. The first kappa shape index (κ1) is 26.4. The zero-order chi connectivity index (χ0) is 26.6. The second kappa shape index (κ2) is 11.7. The lowest BCUT2D eigenvalue weighted by Gasteiger charge is -2.31. The van der Waals surface area contributed by atoms with Crippen LogP contribution in [0.4, 0.5) is 8.78 Å². The third kappa shape index (κ3) is 6.27. The van der Waals surface area contributed by atoms with Gasteiger partial charge in [0.15, 0.2) is 21.3 Å². The maximum atomic E-state index is 14.7. The highest BCUT2D eigenvalue weighted by Gasteiger charge is 2.26. The average molecular weight is 603 g/mol. The highest BCUT2D eigenvalue weighted by atomic mass is 79.9. The van der Waals surface area contributed by atoms with E-state index in [0.29, 0.717) is 25.6 Å². The average Bonchev–Trinajstić information content (AvgIpc) is 3.48. The van der Waals surface area contributed by atoms with Crippen molar-refractivity contribution >= 4 is 33.2 Å². The van der Waals surface area contributed by atoms with Crippen molar-refractivity contribution in [3.8, 4) is 5.75 Å². The van der Waals surface area contributed by atoms with E-state index in [0.717, 1.165) is 57.1 Å². The van der Waals surface area contributed by atoms with Gasteiger partial charge in [-0.2, -0.15) is 0 Å². The Bertz CT molecular complexity index is 1400. The Morgan fingerprint density at radius 2 is 1.87 bits per heavy atom. The van der Waals surface area contributed by atoms with E-state index >= 15 is 0 Å². The van der Waals surface area contributed by atoms with E-state index in [1.165, 1.54) is 0 Å². The monoisotopic (exact) mass is 601 g/mol. The molecule has 0 unspecified atom stereocenters. The highest BCUT2D eigenvalue weighted by molar-refractivity contribution is 9.11. The second-order valence-corrected chi connectivity index (χ2v) is 11.8. The summed E-state index contributed by atoms with van der Waals surface area (Å²) in [4.78, 5) is 20.2. The smallest absolute Gasteiger partial charge is 0.254 e. The molecule has 1 fully saturated rings. The molecule has 5 rings (SSSR count). The fourth-order valence-electron chi connectivity index (χ4n) is 4.57. The van der Waals surface area contributed by atoms with Crippen molar-refractivity contribution in [2.45, 2.75) is 39.3 Å². The number of nitrogens with zero attached hydrogens (tertiary/aromatic N) is 5. The topological polar surface area (TPSA) is 73.1 Å². The Labute approximate surface area is 231 Å². The van der Waals surface area contributed by atoms with Crippen LogP contribution in [-0.2, 0) is 19.6 Å². The summed E-state index contributed by atoms with van der Waals surface area (Å²) in [6.07, 6.45) is 4.26. The number of benzene rings is 2. The first-order valence-electron chi connectivity index (χ1n) is 12.3. The number of carbonyl (C=O) groups excluding carboxylic acids is 1. The molecule has 4 aromatic rings. The first-order valence-corrected chi connectivity index (χ1v) is 13.9. The molecule has 7 nitrogen and oxygen atoms in total. The van der Waals surface area contributed by atoms with Gasteiger partial charge in [0.2, 0.25) is 0 Å². The van der Waals surface area contributed by atoms with Crippen molar-refractivity contribution in [2.75, 3.05) is 13.1 Å². The van der Waals surface area contributed by atoms with Gasteiger partial charge in [-0.3, -0.25) is 4.79 Å². The lowest BCUT2D eigenvalue weighted by atomic mass is 9.92. The number of aromatic nitrogens is 4. The maximum absolute atomic E-state index is 14.7. The third-order valence-corrected chi connectivity index (χ3v) is 8.10. The number of halogens is 3. The van der Waals surface area contributed by atoms with Crippen LogP contribution < -0.4 is 4.74 Å². The van der Waals surface area contributed by atoms with Gasteiger partial charge >= 0.3 is 0 Å². The molecule has 11 heteroatoms. The number of hydrogen-bond donors (Lipinski definition) is 0. The van der Waals surface area contributed by atoms with Gasteiger partial charge in [-0.15, -0.1) is 16.4 Å². The van der Waals surface area contributed by atoms with Crippen LogP contribution in [0.25, 0.3) is 0 Å². The van der Waals surface area contributed by atoms with Crippen molar-refractivity contribution in [3.63, 3.8) is 0 Å². The van der Waals surface area contributed by atoms with Crippen LogP contribution in [0.2, 0.25) is 0 Å². The molecule has 0 atom stereocenters. The van der Waals surface area contributed by atoms with Crippen LogP contribution >= 0.6 is 27.3 Å². The van der Waals surface area contributed by atoms with Gasteiger partial charge in [-0.1, -0.05) is 35.5 Å². The lowest BCUT2D eigenvalue weighted by molar-refractivity contribution is 0.0689. The van der Waals surface area contributed by atoms with Crippen LogP contribution in [0.15, 0.2) is 52.6 Å². The SMILES string of the molecule is Cc1sc(Br)nc1Cn1cc(CC2CCN(C(=O)c3cc(F)c(OCc4ccccc4)c(F)c3)CC2)nn1. The van der Waals surface area contributed by atoms with Gasteiger partial charge in [0.25, 0.3) is 5.91 Å². The number of amides is 1. The van der Waals surface area contributed by atoms with Gasteiger partial charge in [-0.05, 0) is 65.7 Å².